The van der Waals surface area contributed by atoms with Crippen LogP contribution in [0.1, 0.15) is 13.3 Å². The monoisotopic (exact) mass is 268 g/mol. The molecular formula is C11H13BrN2O. The minimum atomic E-state index is -0.100. The Bertz CT molecular complexity index is 406. The number of amides is 1. The van der Waals surface area contributed by atoms with Gasteiger partial charge in [0.15, 0.2) is 0 Å². The Hall–Kier alpha value is -1.03. The van der Waals surface area contributed by atoms with Gasteiger partial charge in [0, 0.05) is 11.5 Å². The fourth-order valence-electron chi connectivity index (χ4n) is 1.79. The largest absolute Gasteiger partial charge is 0.372 e. The van der Waals surface area contributed by atoms with Crippen LogP contribution in [0.2, 0.25) is 0 Å². The Morgan fingerprint density at radius 3 is 2.93 bits per heavy atom. The molecule has 0 spiro atoms. The molecule has 80 valence electrons. The number of nitrogens with zero attached hydrogens (tertiary/aromatic N) is 1. The number of fused-ring (bicyclic) bond motifs is 1. The highest BCUT2D eigenvalue weighted by atomic mass is 79.9. The van der Waals surface area contributed by atoms with Crippen LogP contribution in [0.4, 0.5) is 11.4 Å². The molecule has 0 saturated heterocycles. The Morgan fingerprint density at radius 1 is 1.53 bits per heavy atom. The predicted octanol–water partition coefficient (Wildman–Crippen LogP) is 2.62. The molecule has 15 heavy (non-hydrogen) atoms. The molecule has 4 heteroatoms. The molecule has 0 bridgehead atoms. The van der Waals surface area contributed by atoms with E-state index in [4.69, 9.17) is 0 Å². The Morgan fingerprint density at radius 2 is 2.27 bits per heavy atom. The molecule has 0 saturated carbocycles. The lowest BCUT2D eigenvalue weighted by atomic mass is 10.1. The quantitative estimate of drug-likeness (QED) is 0.850. The van der Waals surface area contributed by atoms with E-state index in [1.807, 2.05) is 32.2 Å². The topological polar surface area (TPSA) is 32.3 Å². The van der Waals surface area contributed by atoms with E-state index in [0.29, 0.717) is 0 Å². The van der Waals surface area contributed by atoms with Gasteiger partial charge in [-0.05, 0) is 24.6 Å². The van der Waals surface area contributed by atoms with Crippen LogP contribution in [-0.2, 0) is 4.79 Å². The fourth-order valence-corrected chi connectivity index (χ4v) is 2.16. The van der Waals surface area contributed by atoms with Crippen molar-refractivity contribution in [1.29, 1.82) is 0 Å². The maximum absolute atomic E-state index is 11.9. The summed E-state index contributed by atoms with van der Waals surface area (Å²) in [6.07, 6.45) is 0.801. The summed E-state index contributed by atoms with van der Waals surface area (Å²) in [4.78, 5) is 13.6. The molecule has 2 rings (SSSR count). The third-order valence-electron chi connectivity index (χ3n) is 2.69. The third kappa shape index (κ3) is 1.74. The van der Waals surface area contributed by atoms with Gasteiger partial charge in [0.1, 0.15) is 6.04 Å². The van der Waals surface area contributed by atoms with Crippen LogP contribution in [0.25, 0.3) is 0 Å². The Labute approximate surface area is 97.6 Å². The van der Waals surface area contributed by atoms with E-state index >= 15 is 0 Å². The van der Waals surface area contributed by atoms with Crippen LogP contribution >= 0.6 is 15.9 Å². The zero-order valence-electron chi connectivity index (χ0n) is 8.75. The van der Waals surface area contributed by atoms with Gasteiger partial charge in [0.2, 0.25) is 5.91 Å². The molecule has 1 heterocycles. The first kappa shape index (κ1) is 10.5. The summed E-state index contributed by atoms with van der Waals surface area (Å²) in [6.45, 7) is 2.01. The summed E-state index contributed by atoms with van der Waals surface area (Å²) in [5, 5.41) is 3.25. The highest BCUT2D eigenvalue weighted by Gasteiger charge is 2.28. The molecule has 0 aromatic heterocycles. The van der Waals surface area contributed by atoms with Gasteiger partial charge in [-0.3, -0.25) is 4.79 Å². The smallest absolute Gasteiger partial charge is 0.249 e. The minimum Gasteiger partial charge on any atom is -0.372 e. The van der Waals surface area contributed by atoms with Gasteiger partial charge in [0.05, 0.1) is 11.4 Å². The first-order valence-electron chi connectivity index (χ1n) is 4.97. The van der Waals surface area contributed by atoms with Crippen LogP contribution in [0, 0.1) is 0 Å². The van der Waals surface area contributed by atoms with Crippen molar-refractivity contribution in [3.63, 3.8) is 0 Å². The van der Waals surface area contributed by atoms with Crippen LogP contribution in [0.15, 0.2) is 22.7 Å². The van der Waals surface area contributed by atoms with Crippen LogP contribution in [0.3, 0.4) is 0 Å². The molecule has 3 nitrogen and oxygen atoms in total. The van der Waals surface area contributed by atoms with Crippen LogP contribution in [0.5, 0.6) is 0 Å². The lowest BCUT2D eigenvalue weighted by Gasteiger charge is -2.32. The number of benzene rings is 1. The van der Waals surface area contributed by atoms with Crippen molar-refractivity contribution in [3.8, 4) is 0 Å². The number of anilines is 2. The van der Waals surface area contributed by atoms with Crippen molar-refractivity contribution >= 4 is 33.2 Å². The molecule has 1 unspecified atom stereocenters. The molecule has 1 aromatic carbocycles. The number of hydrogen-bond donors (Lipinski definition) is 1. The van der Waals surface area contributed by atoms with Gasteiger partial charge in [0.25, 0.3) is 0 Å². The summed E-state index contributed by atoms with van der Waals surface area (Å²) in [7, 11) is 1.82. The van der Waals surface area contributed by atoms with E-state index in [1.165, 1.54) is 0 Å². The second-order valence-corrected chi connectivity index (χ2v) is 4.58. The molecule has 1 amide bonds. The second-order valence-electron chi connectivity index (χ2n) is 3.66. The molecule has 1 aromatic rings. The van der Waals surface area contributed by atoms with Gasteiger partial charge in [-0.15, -0.1) is 0 Å². The summed E-state index contributed by atoms with van der Waals surface area (Å²) in [5.41, 5.74) is 1.95. The molecule has 0 radical (unpaired) electrons. The van der Waals surface area contributed by atoms with Crippen molar-refractivity contribution in [2.24, 2.45) is 0 Å². The van der Waals surface area contributed by atoms with E-state index < -0.39 is 0 Å². The number of hydrogen-bond acceptors (Lipinski definition) is 2. The average molecular weight is 269 g/mol. The fraction of sp³-hybridized carbons (Fsp3) is 0.364. The summed E-state index contributed by atoms with van der Waals surface area (Å²) in [5.74, 6) is 0.132. The van der Waals surface area contributed by atoms with Crippen LogP contribution < -0.4 is 10.2 Å². The van der Waals surface area contributed by atoms with E-state index in [0.717, 1.165) is 22.3 Å². The third-order valence-corrected chi connectivity index (χ3v) is 3.18. The van der Waals surface area contributed by atoms with Crippen molar-refractivity contribution in [3.05, 3.63) is 22.7 Å². The van der Waals surface area contributed by atoms with E-state index in [-0.39, 0.29) is 11.9 Å². The highest BCUT2D eigenvalue weighted by Crippen LogP contribution is 2.33. The predicted molar refractivity (Wildman–Crippen MR) is 65.3 cm³/mol. The van der Waals surface area contributed by atoms with Gasteiger partial charge in [-0.25, -0.2) is 0 Å². The molecular weight excluding hydrogens is 256 g/mol. The number of halogens is 1. The molecule has 1 atom stereocenters. The van der Waals surface area contributed by atoms with Gasteiger partial charge >= 0.3 is 0 Å². The summed E-state index contributed by atoms with van der Waals surface area (Å²) < 4.78 is 1.02. The van der Waals surface area contributed by atoms with E-state index in [9.17, 15) is 4.79 Å². The van der Waals surface area contributed by atoms with Gasteiger partial charge in [-0.1, -0.05) is 22.9 Å². The second kappa shape index (κ2) is 3.85. The number of carbonyl (C=O) groups is 1. The summed E-state index contributed by atoms with van der Waals surface area (Å²) in [6, 6.07) is 5.78. The normalized spacial score (nSPS) is 19.8. The van der Waals surface area contributed by atoms with Gasteiger partial charge in [-0.2, -0.15) is 0 Å². The van der Waals surface area contributed by atoms with Crippen LogP contribution in [-0.4, -0.2) is 19.0 Å². The lowest BCUT2D eigenvalue weighted by molar-refractivity contribution is -0.119. The number of rotatable bonds is 1. The zero-order valence-corrected chi connectivity index (χ0v) is 10.3. The number of carbonyl (C=O) groups excluding carboxylic acids is 1. The lowest BCUT2D eigenvalue weighted by Crippen LogP contribution is -2.44. The molecule has 1 aliphatic heterocycles. The SMILES string of the molecule is CCC1Nc2cc(Br)ccc2N(C)C1=O. The molecule has 0 aliphatic carbocycles. The first-order valence-corrected chi connectivity index (χ1v) is 5.76. The molecule has 1 N–H and O–H groups in total. The number of nitrogens with one attached hydrogen (secondary N) is 1. The zero-order chi connectivity index (χ0) is 11.0. The number of likely N-dealkylation sites (N-methyl/N-ethyl adjacent to an activating group) is 1. The van der Waals surface area contributed by atoms with Gasteiger partial charge < -0.3 is 10.2 Å². The standard InChI is InChI=1S/C11H13BrN2O/c1-3-8-11(15)14(2)10-5-4-7(12)6-9(10)13-8/h4-6,8,13H,3H2,1-2H3. The Balaban J connectivity index is 2.45. The minimum absolute atomic E-state index is 0.100. The summed E-state index contributed by atoms with van der Waals surface area (Å²) >= 11 is 3.42. The maximum Gasteiger partial charge on any atom is 0.249 e. The Kier molecular flexibility index (Phi) is 2.69. The van der Waals surface area contributed by atoms with Crippen molar-refractivity contribution < 1.29 is 4.79 Å². The van der Waals surface area contributed by atoms with E-state index in [1.54, 1.807) is 4.90 Å². The molecule has 0 fully saturated rings. The van der Waals surface area contributed by atoms with Crippen molar-refractivity contribution in [1.82, 2.24) is 0 Å². The average Bonchev–Trinajstić information content (AvgIpc) is 2.23. The first-order chi connectivity index (χ1) is 7.13. The van der Waals surface area contributed by atoms with Crippen molar-refractivity contribution in [2.45, 2.75) is 19.4 Å². The van der Waals surface area contributed by atoms with Crippen molar-refractivity contribution in [2.75, 3.05) is 17.3 Å². The molecule has 1 aliphatic rings. The maximum atomic E-state index is 11.9. The highest BCUT2D eigenvalue weighted by molar-refractivity contribution is 9.10. The van der Waals surface area contributed by atoms with E-state index in [2.05, 4.69) is 21.2 Å².